The molecule has 236 valence electrons. The molecule has 2 heterocycles. The smallest absolute Gasteiger partial charge is 0.412 e. The van der Waals surface area contributed by atoms with Gasteiger partial charge in [-0.3, -0.25) is 15.0 Å². The topological polar surface area (TPSA) is 112 Å². The van der Waals surface area contributed by atoms with Gasteiger partial charge in [0.15, 0.2) is 0 Å². The second kappa shape index (κ2) is 16.2. The third-order valence-corrected chi connectivity index (χ3v) is 7.70. The van der Waals surface area contributed by atoms with Crippen molar-refractivity contribution in [3.63, 3.8) is 0 Å². The summed E-state index contributed by atoms with van der Waals surface area (Å²) in [7, 11) is 0. The van der Waals surface area contributed by atoms with Crippen molar-refractivity contribution in [2.24, 2.45) is 0 Å². The maximum absolute atomic E-state index is 13.2. The van der Waals surface area contributed by atoms with Crippen LogP contribution in [0.4, 0.5) is 21.0 Å². The van der Waals surface area contributed by atoms with Crippen LogP contribution in [0.5, 0.6) is 0 Å². The number of nitrogens with zero attached hydrogens (tertiary/aromatic N) is 2. The highest BCUT2D eigenvalue weighted by atomic mass is 32.1. The number of thiophene rings is 1. The van der Waals surface area contributed by atoms with E-state index in [1.54, 1.807) is 43.7 Å². The minimum atomic E-state index is -0.633. The van der Waals surface area contributed by atoms with Crippen molar-refractivity contribution in [3.05, 3.63) is 82.0 Å². The van der Waals surface area contributed by atoms with Gasteiger partial charge in [0.1, 0.15) is 5.60 Å². The van der Waals surface area contributed by atoms with Crippen LogP contribution in [0.1, 0.15) is 48.7 Å². The molecule has 1 aromatic heterocycles. The Morgan fingerprint density at radius 1 is 0.932 bits per heavy atom. The molecule has 44 heavy (non-hydrogen) atoms. The van der Waals surface area contributed by atoms with Crippen molar-refractivity contribution >= 4 is 40.7 Å². The third-order valence-electron chi connectivity index (χ3n) is 6.96. The number of urea groups is 1. The molecular weight excluding hydrogens is 578 g/mol. The van der Waals surface area contributed by atoms with Gasteiger partial charge in [0.25, 0.3) is 5.91 Å². The minimum Gasteiger partial charge on any atom is -0.444 e. The van der Waals surface area contributed by atoms with Crippen LogP contribution >= 0.6 is 11.3 Å². The molecule has 3 aromatic rings. The number of anilines is 2. The second-order valence-electron chi connectivity index (χ2n) is 11.7. The first-order valence-electron chi connectivity index (χ1n) is 15.0. The Balaban J connectivity index is 1.33. The fourth-order valence-corrected chi connectivity index (χ4v) is 5.43. The van der Waals surface area contributed by atoms with Crippen molar-refractivity contribution in [1.82, 2.24) is 15.1 Å². The zero-order valence-electron chi connectivity index (χ0n) is 25.8. The van der Waals surface area contributed by atoms with E-state index in [-0.39, 0.29) is 11.9 Å². The van der Waals surface area contributed by atoms with Crippen LogP contribution in [0.15, 0.2) is 65.4 Å². The van der Waals surface area contributed by atoms with Gasteiger partial charge in [0.2, 0.25) is 0 Å². The van der Waals surface area contributed by atoms with Crippen LogP contribution in [0.25, 0.3) is 0 Å². The van der Waals surface area contributed by atoms with Gasteiger partial charge >= 0.3 is 12.1 Å². The van der Waals surface area contributed by atoms with Gasteiger partial charge in [-0.05, 0) is 56.9 Å². The lowest BCUT2D eigenvalue weighted by atomic mass is 10.1. The fraction of sp³-hybridized carbons (Fsp3) is 0.424. The molecule has 1 aliphatic heterocycles. The highest BCUT2D eigenvalue weighted by Crippen LogP contribution is 2.28. The maximum atomic E-state index is 13.2. The highest BCUT2D eigenvalue weighted by Gasteiger charge is 2.19. The van der Waals surface area contributed by atoms with Crippen molar-refractivity contribution in [3.8, 4) is 0 Å². The molecule has 0 bridgehead atoms. The molecule has 1 aliphatic rings. The number of carbonyl (C=O) groups excluding carboxylic acids is 3. The Kier molecular flexibility index (Phi) is 12.2. The molecule has 2 aromatic carbocycles. The largest absolute Gasteiger partial charge is 0.444 e. The first-order chi connectivity index (χ1) is 21.2. The molecule has 0 unspecified atom stereocenters. The number of hydrogen-bond acceptors (Lipinski definition) is 7. The predicted molar refractivity (Wildman–Crippen MR) is 174 cm³/mol. The molecule has 0 saturated carbocycles. The summed E-state index contributed by atoms with van der Waals surface area (Å²) in [4.78, 5) is 42.6. The number of nitrogens with one attached hydrogen (secondary N) is 3. The van der Waals surface area contributed by atoms with E-state index < -0.39 is 11.7 Å². The summed E-state index contributed by atoms with van der Waals surface area (Å²) in [5, 5.41) is 12.1. The van der Waals surface area contributed by atoms with Gasteiger partial charge < -0.3 is 25.0 Å². The summed E-state index contributed by atoms with van der Waals surface area (Å²) in [5.74, 6) is -0.303. The zero-order chi connectivity index (χ0) is 31.4. The Labute approximate surface area is 263 Å². The Morgan fingerprint density at radius 3 is 2.30 bits per heavy atom. The number of carbonyl (C=O) groups is 3. The van der Waals surface area contributed by atoms with Crippen LogP contribution in [-0.4, -0.2) is 79.4 Å². The highest BCUT2D eigenvalue weighted by molar-refractivity contribution is 7.09. The summed E-state index contributed by atoms with van der Waals surface area (Å²) in [5.41, 5.74) is 2.90. The minimum absolute atomic E-state index is 0.104. The van der Waals surface area contributed by atoms with E-state index in [0.29, 0.717) is 36.6 Å². The van der Waals surface area contributed by atoms with Gasteiger partial charge in [-0.2, -0.15) is 0 Å². The summed E-state index contributed by atoms with van der Waals surface area (Å²) in [6.45, 7) is 11.2. The van der Waals surface area contributed by atoms with Crippen LogP contribution in [0, 0.1) is 0 Å². The van der Waals surface area contributed by atoms with E-state index in [9.17, 15) is 14.4 Å². The van der Waals surface area contributed by atoms with E-state index >= 15 is 0 Å². The SMILES string of the molecule is CC(C)(C)OC(=O)Nc1cscc1NC(=O)c1ccc(CN(CCCN2CCOCC2)C(=O)NCCc2ccccc2)cc1. The summed E-state index contributed by atoms with van der Waals surface area (Å²) in [6.07, 6.45) is 1.03. The van der Waals surface area contributed by atoms with Crippen LogP contribution in [-0.2, 0) is 22.4 Å². The van der Waals surface area contributed by atoms with Gasteiger partial charge in [0.05, 0.1) is 24.6 Å². The lowest BCUT2D eigenvalue weighted by Crippen LogP contribution is -2.42. The molecule has 11 heteroatoms. The van der Waals surface area contributed by atoms with Crippen LogP contribution < -0.4 is 16.0 Å². The Morgan fingerprint density at radius 2 is 1.61 bits per heavy atom. The maximum Gasteiger partial charge on any atom is 0.412 e. The molecule has 10 nitrogen and oxygen atoms in total. The number of rotatable bonds is 12. The normalized spacial score (nSPS) is 13.6. The van der Waals surface area contributed by atoms with Gasteiger partial charge in [0, 0.05) is 55.6 Å². The summed E-state index contributed by atoms with van der Waals surface area (Å²) in [6, 6.07) is 17.2. The molecule has 1 fully saturated rings. The first kappa shape index (κ1) is 33.0. The van der Waals surface area contributed by atoms with Crippen molar-refractivity contribution < 1.29 is 23.9 Å². The first-order valence-corrected chi connectivity index (χ1v) is 15.9. The van der Waals surface area contributed by atoms with Gasteiger partial charge in [-0.15, -0.1) is 11.3 Å². The number of morpholine rings is 1. The van der Waals surface area contributed by atoms with E-state index in [2.05, 4.69) is 33.0 Å². The molecule has 4 rings (SSSR count). The monoisotopic (exact) mass is 621 g/mol. The van der Waals surface area contributed by atoms with E-state index in [1.807, 2.05) is 35.2 Å². The van der Waals surface area contributed by atoms with Crippen LogP contribution in [0.3, 0.4) is 0 Å². The number of benzene rings is 2. The average Bonchev–Trinajstić information content (AvgIpc) is 3.42. The summed E-state index contributed by atoms with van der Waals surface area (Å²) < 4.78 is 10.8. The van der Waals surface area contributed by atoms with E-state index in [1.165, 1.54) is 16.9 Å². The second-order valence-corrected chi connectivity index (χ2v) is 12.4. The zero-order valence-corrected chi connectivity index (χ0v) is 26.6. The number of ether oxygens (including phenoxy) is 2. The molecule has 4 amide bonds. The lowest BCUT2D eigenvalue weighted by molar-refractivity contribution is 0.0364. The molecule has 0 aliphatic carbocycles. The summed E-state index contributed by atoms with van der Waals surface area (Å²) >= 11 is 1.36. The molecular formula is C33H43N5O5S. The van der Waals surface area contributed by atoms with Crippen molar-refractivity contribution in [2.45, 2.75) is 45.8 Å². The predicted octanol–water partition coefficient (Wildman–Crippen LogP) is 5.82. The third kappa shape index (κ3) is 11.0. The van der Waals surface area contributed by atoms with E-state index in [0.717, 1.165) is 51.3 Å². The number of hydrogen-bond donors (Lipinski definition) is 3. The Bertz CT molecular complexity index is 1350. The van der Waals surface area contributed by atoms with Gasteiger partial charge in [-0.25, -0.2) is 9.59 Å². The van der Waals surface area contributed by atoms with Crippen molar-refractivity contribution in [2.75, 3.05) is 56.6 Å². The quantitative estimate of drug-likeness (QED) is 0.235. The van der Waals surface area contributed by atoms with Gasteiger partial charge in [-0.1, -0.05) is 42.5 Å². The van der Waals surface area contributed by atoms with Crippen molar-refractivity contribution in [1.29, 1.82) is 0 Å². The van der Waals surface area contributed by atoms with Crippen LogP contribution in [0.2, 0.25) is 0 Å². The standard InChI is InChI=1S/C33H43N5O5S/c1-33(2,3)43-32(41)36-29-24-44-23-28(29)35-30(39)27-12-10-26(11-13-27)22-38(17-7-16-37-18-20-42-21-19-37)31(40)34-15-14-25-8-5-4-6-9-25/h4-6,8-13,23-24H,7,14-22H2,1-3H3,(H,34,40)(H,35,39)(H,36,41). The number of amides is 4. The fourth-order valence-electron chi connectivity index (χ4n) is 4.71. The van der Waals surface area contributed by atoms with E-state index in [4.69, 9.17) is 9.47 Å². The molecule has 0 radical (unpaired) electrons. The average molecular weight is 622 g/mol. The lowest BCUT2D eigenvalue weighted by Gasteiger charge is -2.28. The Hall–Kier alpha value is -3.93. The molecule has 1 saturated heterocycles. The molecule has 0 spiro atoms. The molecule has 3 N–H and O–H groups in total. The molecule has 0 atom stereocenters.